The fraction of sp³-hybridized carbons (Fsp3) is 0.130. The highest BCUT2D eigenvalue weighted by atomic mass is 16.6. The number of phenols is 1. The van der Waals surface area contributed by atoms with Crippen molar-refractivity contribution < 1.29 is 14.8 Å². The van der Waals surface area contributed by atoms with Crippen molar-refractivity contribution in [1.82, 2.24) is 5.43 Å². The number of amides is 1. The Kier molecular flexibility index (Phi) is 5.02. The Morgan fingerprint density at radius 3 is 2.23 bits per heavy atom. The molecule has 150 valence electrons. The van der Waals surface area contributed by atoms with Crippen LogP contribution in [-0.2, 0) is 10.2 Å². The third kappa shape index (κ3) is 3.53. The lowest BCUT2D eigenvalue weighted by Gasteiger charge is -2.18. The van der Waals surface area contributed by atoms with Crippen LogP contribution in [0.1, 0.15) is 23.1 Å². The Labute approximate surface area is 172 Å². The first-order valence-corrected chi connectivity index (χ1v) is 9.44. The van der Waals surface area contributed by atoms with Crippen molar-refractivity contribution in [2.24, 2.45) is 11.0 Å². The van der Waals surface area contributed by atoms with Crippen LogP contribution >= 0.6 is 0 Å². The number of nitrogens with zero attached hydrogens (tertiary/aromatic N) is 2. The molecular formula is C23H19N3O4. The summed E-state index contributed by atoms with van der Waals surface area (Å²) in [6, 6.07) is 23.7. The number of hydrazone groups is 1. The average Bonchev–Trinajstić information content (AvgIpc) is 3.53. The molecule has 7 heteroatoms. The number of hydrogen-bond acceptors (Lipinski definition) is 5. The zero-order chi connectivity index (χ0) is 21.1. The number of carbonyl (C=O) groups is 1. The molecule has 0 saturated heterocycles. The average molecular weight is 401 g/mol. The van der Waals surface area contributed by atoms with E-state index < -0.39 is 16.4 Å². The summed E-state index contributed by atoms with van der Waals surface area (Å²) >= 11 is 0. The van der Waals surface area contributed by atoms with Gasteiger partial charge in [0.15, 0.2) is 5.75 Å². The van der Waals surface area contributed by atoms with Gasteiger partial charge in [-0.3, -0.25) is 14.9 Å². The van der Waals surface area contributed by atoms with E-state index in [1.165, 1.54) is 24.4 Å². The lowest BCUT2D eigenvalue weighted by molar-refractivity contribution is -0.385. The van der Waals surface area contributed by atoms with E-state index in [0.717, 1.165) is 11.1 Å². The van der Waals surface area contributed by atoms with E-state index in [-0.39, 0.29) is 17.2 Å². The van der Waals surface area contributed by atoms with E-state index in [4.69, 9.17) is 0 Å². The molecule has 0 aromatic heterocycles. The van der Waals surface area contributed by atoms with Gasteiger partial charge in [-0.15, -0.1) is 0 Å². The first-order chi connectivity index (χ1) is 14.5. The Balaban J connectivity index is 1.52. The monoisotopic (exact) mass is 401 g/mol. The third-order valence-corrected chi connectivity index (χ3v) is 5.44. The minimum Gasteiger partial charge on any atom is -0.502 e. The summed E-state index contributed by atoms with van der Waals surface area (Å²) in [5.41, 5.74) is 4.30. The number of carbonyl (C=O) groups excluding carboxylic acids is 1. The second-order valence-electron chi connectivity index (χ2n) is 7.20. The standard InChI is InChI=1S/C23H19N3O4/c27-21-12-11-16(13-20(21)26(29)30)15-24-25-22(28)19-14-23(19,17-7-3-1-4-8-17)18-9-5-2-6-10-18/h1-13,15,19,27H,14H2,(H,25,28)/b24-15+/t19-/m0/s1. The van der Waals surface area contributed by atoms with E-state index in [2.05, 4.69) is 10.5 Å². The minimum atomic E-state index is -0.677. The summed E-state index contributed by atoms with van der Waals surface area (Å²) in [6.45, 7) is 0. The van der Waals surface area contributed by atoms with Crippen LogP contribution in [0, 0.1) is 16.0 Å². The smallest absolute Gasteiger partial charge is 0.311 e. The van der Waals surface area contributed by atoms with Crippen LogP contribution < -0.4 is 5.43 Å². The van der Waals surface area contributed by atoms with Crippen molar-refractivity contribution in [3.8, 4) is 5.75 Å². The number of phenolic OH excluding ortho intramolecular Hbond substituents is 1. The molecule has 7 nitrogen and oxygen atoms in total. The van der Waals surface area contributed by atoms with E-state index in [1.807, 2.05) is 60.7 Å². The normalized spacial score (nSPS) is 16.9. The fourth-order valence-corrected chi connectivity index (χ4v) is 3.87. The van der Waals surface area contributed by atoms with Crippen LogP contribution in [-0.4, -0.2) is 22.2 Å². The van der Waals surface area contributed by atoms with Gasteiger partial charge in [0.1, 0.15) is 0 Å². The second-order valence-corrected chi connectivity index (χ2v) is 7.20. The van der Waals surface area contributed by atoms with E-state index in [0.29, 0.717) is 12.0 Å². The van der Waals surface area contributed by atoms with Crippen LogP contribution in [0.25, 0.3) is 0 Å². The van der Waals surface area contributed by atoms with Crippen molar-refractivity contribution in [1.29, 1.82) is 0 Å². The maximum Gasteiger partial charge on any atom is 0.311 e. The first-order valence-electron chi connectivity index (χ1n) is 9.44. The summed E-state index contributed by atoms with van der Waals surface area (Å²) in [7, 11) is 0. The third-order valence-electron chi connectivity index (χ3n) is 5.44. The maximum atomic E-state index is 12.8. The minimum absolute atomic E-state index is 0.216. The number of hydrogen-bond donors (Lipinski definition) is 2. The Hall–Kier alpha value is -4.00. The molecule has 0 heterocycles. The maximum absolute atomic E-state index is 12.8. The van der Waals surface area contributed by atoms with E-state index >= 15 is 0 Å². The Morgan fingerprint density at radius 1 is 1.07 bits per heavy atom. The molecule has 1 fully saturated rings. The highest BCUT2D eigenvalue weighted by Gasteiger charge is 2.60. The number of aromatic hydroxyl groups is 1. The molecule has 30 heavy (non-hydrogen) atoms. The molecule has 2 N–H and O–H groups in total. The number of nitrogens with one attached hydrogen (secondary N) is 1. The van der Waals surface area contributed by atoms with E-state index in [1.54, 1.807) is 0 Å². The molecule has 1 aliphatic carbocycles. The van der Waals surface area contributed by atoms with Crippen molar-refractivity contribution in [2.45, 2.75) is 11.8 Å². The van der Waals surface area contributed by atoms with Gasteiger partial charge in [-0.05, 0) is 29.7 Å². The highest BCUT2D eigenvalue weighted by molar-refractivity contribution is 5.88. The van der Waals surface area contributed by atoms with Gasteiger partial charge in [-0.25, -0.2) is 5.43 Å². The van der Waals surface area contributed by atoms with Gasteiger partial charge in [0.25, 0.3) is 0 Å². The second kappa shape index (κ2) is 7.79. The van der Waals surface area contributed by atoms with Gasteiger partial charge in [0, 0.05) is 17.0 Å². The number of nitro benzene ring substituents is 1. The molecule has 3 aromatic carbocycles. The lowest BCUT2D eigenvalue weighted by atomic mass is 9.85. The van der Waals surface area contributed by atoms with E-state index in [9.17, 15) is 20.0 Å². The quantitative estimate of drug-likeness (QED) is 0.373. The van der Waals surface area contributed by atoms with Crippen LogP contribution in [0.3, 0.4) is 0 Å². The number of benzene rings is 3. The van der Waals surface area contributed by atoms with Gasteiger partial charge in [0.05, 0.1) is 17.1 Å². The van der Waals surface area contributed by atoms with Crippen LogP contribution in [0.4, 0.5) is 5.69 Å². The SMILES string of the molecule is O=C(N/N=C/c1ccc(O)c([N+](=O)[O-])c1)[C@@H]1CC1(c1ccccc1)c1ccccc1. The number of rotatable bonds is 6. The summed E-state index contributed by atoms with van der Waals surface area (Å²) in [6.07, 6.45) is 1.99. The predicted molar refractivity (Wildman–Crippen MR) is 112 cm³/mol. The molecule has 4 rings (SSSR count). The summed E-state index contributed by atoms with van der Waals surface area (Å²) in [5.74, 6) is -0.907. The molecular weight excluding hydrogens is 382 g/mol. The molecule has 1 saturated carbocycles. The summed E-state index contributed by atoms with van der Waals surface area (Å²) in [5, 5.41) is 24.4. The van der Waals surface area contributed by atoms with Gasteiger partial charge in [-0.1, -0.05) is 60.7 Å². The van der Waals surface area contributed by atoms with Crippen LogP contribution in [0.2, 0.25) is 0 Å². The van der Waals surface area contributed by atoms with Gasteiger partial charge in [-0.2, -0.15) is 5.10 Å². The first kappa shape index (κ1) is 19.3. The van der Waals surface area contributed by atoms with Crippen LogP contribution in [0.15, 0.2) is 84.0 Å². The van der Waals surface area contributed by atoms with Gasteiger partial charge in [0.2, 0.25) is 5.91 Å². The largest absolute Gasteiger partial charge is 0.502 e. The lowest BCUT2D eigenvalue weighted by Crippen LogP contribution is -2.25. The van der Waals surface area contributed by atoms with Crippen molar-refractivity contribution in [3.63, 3.8) is 0 Å². The molecule has 1 amide bonds. The molecule has 1 atom stereocenters. The molecule has 0 radical (unpaired) electrons. The molecule has 0 aliphatic heterocycles. The number of nitro groups is 1. The molecule has 0 bridgehead atoms. The molecule has 1 aliphatic rings. The summed E-state index contributed by atoms with van der Waals surface area (Å²) < 4.78 is 0. The van der Waals surface area contributed by atoms with Gasteiger partial charge < -0.3 is 5.11 Å². The molecule has 3 aromatic rings. The van der Waals surface area contributed by atoms with Crippen molar-refractivity contribution >= 4 is 17.8 Å². The summed E-state index contributed by atoms with van der Waals surface area (Å²) in [4.78, 5) is 23.1. The zero-order valence-corrected chi connectivity index (χ0v) is 15.9. The van der Waals surface area contributed by atoms with Crippen molar-refractivity contribution in [2.75, 3.05) is 0 Å². The fourth-order valence-electron chi connectivity index (χ4n) is 3.87. The van der Waals surface area contributed by atoms with Crippen LogP contribution in [0.5, 0.6) is 5.75 Å². The zero-order valence-electron chi connectivity index (χ0n) is 15.9. The Morgan fingerprint density at radius 2 is 1.67 bits per heavy atom. The molecule has 0 spiro atoms. The van der Waals surface area contributed by atoms with Gasteiger partial charge >= 0.3 is 5.69 Å². The molecule has 0 unspecified atom stereocenters. The topological polar surface area (TPSA) is 105 Å². The van der Waals surface area contributed by atoms with Crippen molar-refractivity contribution in [3.05, 3.63) is 106 Å². The predicted octanol–water partition coefficient (Wildman–Crippen LogP) is 3.76. The highest BCUT2D eigenvalue weighted by Crippen LogP contribution is 2.58. The Bertz CT molecular complexity index is 1070.